The quantitative estimate of drug-likeness (QED) is 0.736. The number of morpholine rings is 1. The molecule has 1 aliphatic heterocycles. The Morgan fingerprint density at radius 3 is 2.92 bits per heavy atom. The third kappa shape index (κ3) is 3.44. The second kappa shape index (κ2) is 7.63. The first-order valence-electron chi connectivity index (χ1n) is 8.75. The van der Waals surface area contributed by atoms with Crippen LogP contribution in [0.15, 0.2) is 48.9 Å². The molecule has 2 aromatic heterocycles. The van der Waals surface area contributed by atoms with Crippen molar-refractivity contribution in [3.8, 4) is 11.3 Å². The summed E-state index contributed by atoms with van der Waals surface area (Å²) >= 11 is 0. The zero-order valence-corrected chi connectivity index (χ0v) is 14.7. The normalized spacial score (nSPS) is 18.0. The van der Waals surface area contributed by atoms with Gasteiger partial charge in [0, 0.05) is 44.6 Å². The second-order valence-electron chi connectivity index (χ2n) is 6.27. The molecule has 26 heavy (non-hydrogen) atoms. The minimum Gasteiger partial charge on any atom is -0.372 e. The highest BCUT2D eigenvalue weighted by atomic mass is 16.5. The molecule has 0 bridgehead atoms. The Hall–Kier alpha value is -2.77. The molecule has 4 rings (SSSR count). The van der Waals surface area contributed by atoms with Crippen molar-refractivity contribution in [1.29, 1.82) is 0 Å². The molecule has 1 aliphatic rings. The summed E-state index contributed by atoms with van der Waals surface area (Å²) in [7, 11) is 1.85. The van der Waals surface area contributed by atoms with Crippen LogP contribution in [0.2, 0.25) is 0 Å². The van der Waals surface area contributed by atoms with Crippen molar-refractivity contribution < 1.29 is 4.74 Å². The van der Waals surface area contributed by atoms with Gasteiger partial charge in [0.15, 0.2) is 0 Å². The van der Waals surface area contributed by atoms with Crippen LogP contribution < -0.4 is 5.32 Å². The topological polar surface area (TPSA) is 79.0 Å². The molecule has 2 N–H and O–H groups in total. The van der Waals surface area contributed by atoms with Crippen molar-refractivity contribution in [2.24, 2.45) is 0 Å². The first kappa shape index (κ1) is 16.7. The highest BCUT2D eigenvalue weighted by molar-refractivity contribution is 5.62. The summed E-state index contributed by atoms with van der Waals surface area (Å²) in [6.07, 6.45) is 5.22. The van der Waals surface area contributed by atoms with Crippen LogP contribution in [0.3, 0.4) is 0 Å². The predicted molar refractivity (Wildman–Crippen MR) is 99.6 cm³/mol. The first-order valence-corrected chi connectivity index (χ1v) is 8.75. The standard InChI is InChI=1S/C19H22N6O/c1-20-19-18(21-7-8-22-19)16-13-25(9-10-26-16)12-15-11-23-24-17(15)14-5-3-2-4-6-14/h2-8,11,16H,9-10,12-13H2,1H3,(H,20,22)(H,23,24). The van der Waals surface area contributed by atoms with Gasteiger partial charge in [0.2, 0.25) is 0 Å². The molecule has 1 fully saturated rings. The maximum Gasteiger partial charge on any atom is 0.150 e. The van der Waals surface area contributed by atoms with Crippen molar-refractivity contribution in [3.63, 3.8) is 0 Å². The molecule has 0 spiro atoms. The number of aromatic amines is 1. The van der Waals surface area contributed by atoms with E-state index in [1.807, 2.05) is 31.4 Å². The third-order valence-electron chi connectivity index (χ3n) is 4.59. The Balaban J connectivity index is 1.51. The number of nitrogens with one attached hydrogen (secondary N) is 2. The minimum atomic E-state index is -0.0908. The molecule has 1 aromatic carbocycles. The number of ether oxygens (including phenoxy) is 1. The second-order valence-corrected chi connectivity index (χ2v) is 6.27. The van der Waals surface area contributed by atoms with E-state index < -0.39 is 0 Å². The van der Waals surface area contributed by atoms with Crippen molar-refractivity contribution in [1.82, 2.24) is 25.1 Å². The average Bonchev–Trinajstić information content (AvgIpc) is 3.17. The van der Waals surface area contributed by atoms with E-state index in [0.717, 1.165) is 42.4 Å². The fourth-order valence-electron chi connectivity index (χ4n) is 3.32. The summed E-state index contributed by atoms with van der Waals surface area (Å²) in [5.41, 5.74) is 4.26. The van der Waals surface area contributed by atoms with Crippen LogP contribution in [-0.2, 0) is 11.3 Å². The monoisotopic (exact) mass is 350 g/mol. The predicted octanol–water partition coefficient (Wildman–Crippen LogP) is 2.48. The minimum absolute atomic E-state index is 0.0908. The molecule has 3 heterocycles. The SMILES string of the molecule is CNc1nccnc1C1CN(Cc2cn[nH]c2-c2ccccc2)CCO1. The molecular formula is C19H22N6O. The van der Waals surface area contributed by atoms with E-state index in [4.69, 9.17) is 4.74 Å². The molecule has 0 amide bonds. The van der Waals surface area contributed by atoms with Crippen molar-refractivity contribution in [2.75, 3.05) is 32.1 Å². The molecule has 0 saturated carbocycles. The van der Waals surface area contributed by atoms with Gasteiger partial charge in [-0.2, -0.15) is 5.10 Å². The first-order chi connectivity index (χ1) is 12.8. The van der Waals surface area contributed by atoms with E-state index in [-0.39, 0.29) is 6.10 Å². The van der Waals surface area contributed by atoms with Crippen LogP contribution in [0.4, 0.5) is 5.82 Å². The number of hydrogen-bond donors (Lipinski definition) is 2. The largest absolute Gasteiger partial charge is 0.372 e. The number of aromatic nitrogens is 4. The van der Waals surface area contributed by atoms with Gasteiger partial charge < -0.3 is 10.1 Å². The Bertz CT molecular complexity index is 850. The van der Waals surface area contributed by atoms with Gasteiger partial charge in [0.25, 0.3) is 0 Å². The third-order valence-corrected chi connectivity index (χ3v) is 4.59. The molecule has 7 heteroatoms. The lowest BCUT2D eigenvalue weighted by atomic mass is 10.1. The van der Waals surface area contributed by atoms with Gasteiger partial charge in [-0.05, 0) is 5.56 Å². The fourth-order valence-corrected chi connectivity index (χ4v) is 3.32. The maximum absolute atomic E-state index is 5.96. The molecule has 1 unspecified atom stereocenters. The van der Waals surface area contributed by atoms with Gasteiger partial charge in [-0.3, -0.25) is 15.0 Å². The van der Waals surface area contributed by atoms with Gasteiger partial charge in [0.1, 0.15) is 17.6 Å². The molecular weight excluding hydrogens is 328 g/mol. The van der Waals surface area contributed by atoms with E-state index in [1.165, 1.54) is 5.56 Å². The molecule has 0 aliphatic carbocycles. The maximum atomic E-state index is 5.96. The molecule has 134 valence electrons. The Labute approximate surface area is 152 Å². The van der Waals surface area contributed by atoms with Crippen molar-refractivity contribution in [3.05, 3.63) is 60.2 Å². The number of hydrogen-bond acceptors (Lipinski definition) is 6. The van der Waals surface area contributed by atoms with Gasteiger partial charge >= 0.3 is 0 Å². The summed E-state index contributed by atoms with van der Waals surface area (Å²) in [5, 5.41) is 10.5. The lowest BCUT2D eigenvalue weighted by molar-refractivity contribution is -0.0347. The number of benzene rings is 1. The van der Waals surface area contributed by atoms with Crippen molar-refractivity contribution in [2.45, 2.75) is 12.6 Å². The zero-order valence-electron chi connectivity index (χ0n) is 14.7. The lowest BCUT2D eigenvalue weighted by Gasteiger charge is -2.33. The Kier molecular flexibility index (Phi) is 4.90. The van der Waals surface area contributed by atoms with E-state index in [0.29, 0.717) is 6.61 Å². The van der Waals surface area contributed by atoms with Crippen LogP contribution in [-0.4, -0.2) is 51.8 Å². The Morgan fingerprint density at radius 1 is 1.23 bits per heavy atom. The van der Waals surface area contributed by atoms with E-state index in [1.54, 1.807) is 12.4 Å². The molecule has 3 aromatic rings. The average molecular weight is 350 g/mol. The zero-order chi connectivity index (χ0) is 17.8. The van der Waals surface area contributed by atoms with E-state index >= 15 is 0 Å². The fraction of sp³-hybridized carbons (Fsp3) is 0.316. The van der Waals surface area contributed by atoms with E-state index in [2.05, 4.69) is 42.5 Å². The van der Waals surface area contributed by atoms with Gasteiger partial charge in [-0.25, -0.2) is 4.98 Å². The van der Waals surface area contributed by atoms with E-state index in [9.17, 15) is 0 Å². The van der Waals surface area contributed by atoms with Crippen LogP contribution in [0.25, 0.3) is 11.3 Å². The molecule has 1 atom stereocenters. The summed E-state index contributed by atoms with van der Waals surface area (Å²) in [6.45, 7) is 3.14. The number of H-pyrrole nitrogens is 1. The number of rotatable bonds is 5. The highest BCUT2D eigenvalue weighted by Gasteiger charge is 2.26. The number of nitrogens with zero attached hydrogens (tertiary/aromatic N) is 4. The van der Waals surface area contributed by atoms with Gasteiger partial charge in [0.05, 0.1) is 18.5 Å². The smallest absolute Gasteiger partial charge is 0.150 e. The van der Waals surface area contributed by atoms with Crippen molar-refractivity contribution >= 4 is 5.82 Å². The number of anilines is 1. The lowest BCUT2D eigenvalue weighted by Crippen LogP contribution is -2.38. The van der Waals surface area contributed by atoms with Gasteiger partial charge in [-0.15, -0.1) is 0 Å². The molecule has 0 radical (unpaired) electrons. The molecule has 7 nitrogen and oxygen atoms in total. The van der Waals surface area contributed by atoms with Crippen LogP contribution in [0.5, 0.6) is 0 Å². The summed E-state index contributed by atoms with van der Waals surface area (Å²) in [5.74, 6) is 0.771. The summed E-state index contributed by atoms with van der Waals surface area (Å²) in [6, 6.07) is 10.3. The van der Waals surface area contributed by atoms with Crippen LogP contribution in [0, 0.1) is 0 Å². The molecule has 1 saturated heterocycles. The van der Waals surface area contributed by atoms with Crippen LogP contribution in [0.1, 0.15) is 17.4 Å². The van der Waals surface area contributed by atoms with Crippen LogP contribution >= 0.6 is 0 Å². The summed E-state index contributed by atoms with van der Waals surface area (Å²) < 4.78 is 5.96. The summed E-state index contributed by atoms with van der Waals surface area (Å²) in [4.78, 5) is 11.2. The Morgan fingerprint density at radius 2 is 2.08 bits per heavy atom. The van der Waals surface area contributed by atoms with Gasteiger partial charge in [-0.1, -0.05) is 30.3 Å². The highest BCUT2D eigenvalue weighted by Crippen LogP contribution is 2.27.